The van der Waals surface area contributed by atoms with Crippen molar-refractivity contribution in [3.05, 3.63) is 130 Å². The predicted octanol–water partition coefficient (Wildman–Crippen LogP) is 4.88. The number of ketones is 2. The number of hydrogen-bond donors (Lipinski definition) is 2. The number of carbonyl (C=O) groups excluding carboxylic acids is 4. The average Bonchev–Trinajstić information content (AvgIpc) is 3.42. The summed E-state index contributed by atoms with van der Waals surface area (Å²) in [6, 6.07) is 16.9. The number of allylic oxidation sites excluding steroid dienone is 1. The fraction of sp³-hybridized carbons (Fsp3) is 0.0323. The molecule has 2 heterocycles. The molecule has 8 heteroatoms. The molecule has 0 radical (unpaired) electrons. The maximum absolute atomic E-state index is 13.8. The molecular formula is C31H20N4O4. The Balaban J connectivity index is 1.40. The van der Waals surface area contributed by atoms with Crippen LogP contribution in [0.3, 0.4) is 0 Å². The molecule has 0 aromatic heterocycles. The highest BCUT2D eigenvalue weighted by molar-refractivity contribution is 6.34. The number of fused-ring (bicyclic) bond motifs is 3. The smallest absolute Gasteiger partial charge is 0.279 e. The van der Waals surface area contributed by atoms with Crippen molar-refractivity contribution in [1.82, 2.24) is 0 Å². The first kappa shape index (κ1) is 23.9. The van der Waals surface area contributed by atoms with E-state index in [2.05, 4.69) is 27.2 Å². The molecule has 0 unspecified atom stereocenters. The third kappa shape index (κ3) is 3.69. The molecule has 0 saturated carbocycles. The fourth-order valence-corrected chi connectivity index (χ4v) is 4.99. The molecule has 3 aliphatic rings. The number of nitrogens with zero attached hydrogens (tertiary/aromatic N) is 2. The van der Waals surface area contributed by atoms with E-state index in [4.69, 9.17) is 0 Å². The van der Waals surface area contributed by atoms with Crippen LogP contribution in [0, 0.1) is 0 Å². The third-order valence-electron chi connectivity index (χ3n) is 6.73. The largest absolute Gasteiger partial charge is 0.339 e. The minimum absolute atomic E-state index is 0.188. The number of carbonyl (C=O) groups is 4. The van der Waals surface area contributed by atoms with Crippen LogP contribution in [0.1, 0.15) is 54.7 Å². The van der Waals surface area contributed by atoms with Gasteiger partial charge in [0, 0.05) is 22.3 Å². The van der Waals surface area contributed by atoms with E-state index >= 15 is 0 Å². The Hall–Kier alpha value is -5.50. The van der Waals surface area contributed by atoms with Crippen LogP contribution in [0.4, 0.5) is 11.4 Å². The van der Waals surface area contributed by atoms with Crippen molar-refractivity contribution in [2.24, 2.45) is 9.98 Å². The highest BCUT2D eigenvalue weighted by atomic mass is 16.2. The Bertz CT molecular complexity index is 1810. The van der Waals surface area contributed by atoms with Gasteiger partial charge in [-0.25, -0.2) is 0 Å². The quantitative estimate of drug-likeness (QED) is 0.402. The molecule has 39 heavy (non-hydrogen) atoms. The van der Waals surface area contributed by atoms with Crippen LogP contribution >= 0.6 is 0 Å². The number of amidine groups is 2. The van der Waals surface area contributed by atoms with Crippen molar-refractivity contribution in [3.8, 4) is 0 Å². The molecule has 2 N–H and O–H groups in total. The molecule has 8 nitrogen and oxygen atoms in total. The number of rotatable bonds is 4. The topological polar surface area (TPSA) is 117 Å². The van der Waals surface area contributed by atoms with Crippen molar-refractivity contribution < 1.29 is 19.2 Å². The van der Waals surface area contributed by atoms with Crippen molar-refractivity contribution >= 4 is 46.4 Å². The monoisotopic (exact) mass is 512 g/mol. The van der Waals surface area contributed by atoms with Crippen LogP contribution in [0.15, 0.2) is 107 Å². The zero-order valence-electron chi connectivity index (χ0n) is 20.7. The molecule has 2 amide bonds. The molecular weight excluding hydrogens is 492 g/mol. The Morgan fingerprint density at radius 1 is 0.641 bits per heavy atom. The van der Waals surface area contributed by atoms with Gasteiger partial charge >= 0.3 is 0 Å². The normalized spacial score (nSPS) is 15.7. The van der Waals surface area contributed by atoms with E-state index in [0.29, 0.717) is 39.5 Å². The van der Waals surface area contributed by atoms with Gasteiger partial charge in [0.2, 0.25) is 0 Å². The lowest BCUT2D eigenvalue weighted by Crippen LogP contribution is -2.26. The van der Waals surface area contributed by atoms with Crippen molar-refractivity contribution in [1.29, 1.82) is 0 Å². The van der Waals surface area contributed by atoms with E-state index in [1.807, 2.05) is 6.92 Å². The highest BCUT2D eigenvalue weighted by Crippen LogP contribution is 2.36. The average molecular weight is 513 g/mol. The number of benzene rings is 3. The summed E-state index contributed by atoms with van der Waals surface area (Å²) in [4.78, 5) is 60.6. The van der Waals surface area contributed by atoms with Gasteiger partial charge in [-0.2, -0.15) is 9.98 Å². The van der Waals surface area contributed by atoms with Gasteiger partial charge in [0.15, 0.2) is 11.6 Å². The maximum atomic E-state index is 13.8. The second kappa shape index (κ2) is 9.11. The van der Waals surface area contributed by atoms with Crippen LogP contribution in [0.5, 0.6) is 0 Å². The molecule has 0 saturated heterocycles. The fourth-order valence-electron chi connectivity index (χ4n) is 4.99. The van der Waals surface area contributed by atoms with Crippen LogP contribution < -0.4 is 10.6 Å². The van der Waals surface area contributed by atoms with Gasteiger partial charge < -0.3 is 10.6 Å². The maximum Gasteiger partial charge on any atom is 0.279 e. The van der Waals surface area contributed by atoms with Gasteiger partial charge in [-0.3, -0.25) is 19.2 Å². The summed E-state index contributed by atoms with van der Waals surface area (Å²) < 4.78 is 0. The Labute approximate surface area is 223 Å². The Morgan fingerprint density at radius 2 is 1.18 bits per heavy atom. The second-order valence-electron chi connectivity index (χ2n) is 8.97. The molecule has 0 fully saturated rings. The van der Waals surface area contributed by atoms with Gasteiger partial charge in [0.25, 0.3) is 11.8 Å². The van der Waals surface area contributed by atoms with Gasteiger partial charge in [0.1, 0.15) is 11.7 Å². The summed E-state index contributed by atoms with van der Waals surface area (Å²) in [5.74, 6) is -0.947. The second-order valence-corrected chi connectivity index (χ2v) is 8.97. The van der Waals surface area contributed by atoms with E-state index in [0.717, 1.165) is 0 Å². The highest BCUT2D eigenvalue weighted by Gasteiger charge is 2.35. The van der Waals surface area contributed by atoms with Crippen LogP contribution in [-0.4, -0.2) is 35.1 Å². The number of aliphatic imine (C=N–C) groups is 2. The lowest BCUT2D eigenvalue weighted by atomic mass is 9.82. The Morgan fingerprint density at radius 3 is 1.77 bits per heavy atom. The van der Waals surface area contributed by atoms with E-state index in [9.17, 15) is 19.2 Å². The molecule has 0 spiro atoms. The van der Waals surface area contributed by atoms with E-state index in [1.54, 1.807) is 72.8 Å². The summed E-state index contributed by atoms with van der Waals surface area (Å²) in [7, 11) is 0. The van der Waals surface area contributed by atoms with E-state index < -0.39 is 5.91 Å². The summed E-state index contributed by atoms with van der Waals surface area (Å²) in [5, 5.41) is 6.20. The van der Waals surface area contributed by atoms with Gasteiger partial charge in [-0.1, -0.05) is 67.3 Å². The van der Waals surface area contributed by atoms with Crippen molar-refractivity contribution in [2.75, 3.05) is 10.6 Å². The minimum atomic E-state index is -0.441. The number of amides is 2. The molecule has 6 rings (SSSR count). The summed E-state index contributed by atoms with van der Waals surface area (Å²) in [6.45, 7) is 5.51. The lowest BCUT2D eigenvalue weighted by molar-refractivity contribution is -0.113. The van der Waals surface area contributed by atoms with Crippen molar-refractivity contribution in [3.63, 3.8) is 0 Å². The Kier molecular flexibility index (Phi) is 5.58. The lowest BCUT2D eigenvalue weighted by Gasteiger charge is -2.23. The molecule has 0 bridgehead atoms. The zero-order chi connectivity index (χ0) is 27.3. The number of hydrogen-bond acceptors (Lipinski definition) is 6. The first-order chi connectivity index (χ1) is 18.9. The summed E-state index contributed by atoms with van der Waals surface area (Å²) >= 11 is 0. The zero-order valence-corrected chi connectivity index (χ0v) is 20.7. The standard InChI is InChI=1S/C31H20N4O4/c1-3-9-17-16(4-2)30(38)34-28(17)32-22-14-7-12-20-24(22)26(36)21-13-8-15-23(25(21)27(20)37)33-29-18-10-5-6-11-19(18)31(39)35-29/h3-15H,2H2,1H3,(H,32,34,38)(H,33,35,39)/b9-3-. The van der Waals surface area contributed by atoms with E-state index in [1.165, 1.54) is 6.08 Å². The molecule has 0 atom stereocenters. The van der Waals surface area contributed by atoms with Gasteiger partial charge in [-0.05, 0) is 25.1 Å². The summed E-state index contributed by atoms with van der Waals surface area (Å²) in [5.41, 5.74) is 3.52. The number of anilines is 2. The number of nitrogens with one attached hydrogen (secondary N) is 2. The molecule has 188 valence electrons. The molecule has 1 aliphatic carbocycles. The first-order valence-corrected chi connectivity index (χ1v) is 12.2. The van der Waals surface area contributed by atoms with Crippen LogP contribution in [0.2, 0.25) is 0 Å². The van der Waals surface area contributed by atoms with Crippen LogP contribution in [-0.2, 0) is 4.79 Å². The molecule has 3 aromatic rings. The molecule has 3 aromatic carbocycles. The minimum Gasteiger partial charge on any atom is -0.339 e. The molecule has 2 aliphatic heterocycles. The van der Waals surface area contributed by atoms with Crippen LogP contribution in [0.25, 0.3) is 0 Å². The van der Waals surface area contributed by atoms with Crippen molar-refractivity contribution in [2.45, 2.75) is 6.92 Å². The van der Waals surface area contributed by atoms with Gasteiger partial charge in [0.05, 0.1) is 33.6 Å². The summed E-state index contributed by atoms with van der Waals surface area (Å²) in [6.07, 6.45) is 4.95. The first-order valence-electron chi connectivity index (χ1n) is 12.2. The van der Waals surface area contributed by atoms with E-state index in [-0.39, 0.29) is 45.6 Å². The van der Waals surface area contributed by atoms with Gasteiger partial charge in [-0.15, -0.1) is 0 Å². The SMILES string of the molecule is C=CC1=C(/C=C\C)C(Nc2cccc3c2C(=O)c2cccc(NC4=NC(=O)c5ccccc54)c2C3=O)=NC1=O. The third-order valence-corrected chi connectivity index (χ3v) is 6.73. The predicted molar refractivity (Wildman–Crippen MR) is 149 cm³/mol.